The molecule has 0 spiro atoms. The molecule has 0 bridgehead atoms. The second-order valence-electron chi connectivity index (χ2n) is 11.4. The average molecular weight is 655 g/mol. The quantitative estimate of drug-likeness (QED) is 0.173. The van der Waals surface area contributed by atoms with Crippen LogP contribution in [0.15, 0.2) is 17.0 Å². The summed E-state index contributed by atoms with van der Waals surface area (Å²) >= 11 is 0. The molecule has 1 aliphatic heterocycles. The van der Waals surface area contributed by atoms with Gasteiger partial charge in [-0.15, -0.1) is 0 Å². The molecule has 1 heterocycles. The molecule has 0 unspecified atom stereocenters. The lowest BCUT2D eigenvalue weighted by Gasteiger charge is -2.44. The van der Waals surface area contributed by atoms with Gasteiger partial charge in [-0.2, -0.15) is 21.6 Å². The predicted molar refractivity (Wildman–Crippen MR) is 149 cm³/mol. The van der Waals surface area contributed by atoms with Gasteiger partial charge in [-0.1, -0.05) is 53.7 Å². The van der Waals surface area contributed by atoms with Crippen LogP contribution in [0.5, 0.6) is 0 Å². The molecular weight excluding hydrogens is 613 g/mol. The van der Waals surface area contributed by atoms with Crippen LogP contribution in [-0.4, -0.2) is 76.4 Å². The third kappa shape index (κ3) is 10.1. The van der Waals surface area contributed by atoms with E-state index in [9.17, 15) is 36.0 Å². The van der Waals surface area contributed by atoms with Gasteiger partial charge in [0.15, 0.2) is 24.6 Å². The average Bonchev–Trinajstić information content (AvgIpc) is 2.86. The largest absolute Gasteiger partial charge is 0.456 e. The fourth-order valence-electron chi connectivity index (χ4n) is 4.69. The lowest BCUT2D eigenvalue weighted by molar-refractivity contribution is -0.322. The van der Waals surface area contributed by atoms with E-state index in [1.807, 2.05) is 41.5 Å². The Morgan fingerprint density at radius 1 is 0.795 bits per heavy atom. The Labute approximate surface area is 255 Å². The fourth-order valence-corrected chi connectivity index (χ4v) is 6.29. The monoisotopic (exact) mass is 654 g/mol. The summed E-state index contributed by atoms with van der Waals surface area (Å²) in [6.07, 6.45) is -13.7. The van der Waals surface area contributed by atoms with E-state index in [2.05, 4.69) is 0 Å². The van der Waals surface area contributed by atoms with E-state index >= 15 is 0 Å². The van der Waals surface area contributed by atoms with Crippen molar-refractivity contribution in [1.82, 2.24) is 0 Å². The number of alkyl halides is 3. The summed E-state index contributed by atoms with van der Waals surface area (Å²) in [5.74, 6) is -3.29. The van der Waals surface area contributed by atoms with E-state index in [1.54, 1.807) is 12.1 Å². The first-order valence-corrected chi connectivity index (χ1v) is 15.5. The first-order chi connectivity index (χ1) is 20.1. The van der Waals surface area contributed by atoms with Crippen LogP contribution in [0.4, 0.5) is 13.2 Å². The molecule has 0 saturated carbocycles. The zero-order chi connectivity index (χ0) is 33.7. The highest BCUT2D eigenvalue weighted by molar-refractivity contribution is 7.86. The summed E-state index contributed by atoms with van der Waals surface area (Å²) in [7, 11) is -4.57. The van der Waals surface area contributed by atoms with Gasteiger partial charge in [0.2, 0.25) is 0 Å². The van der Waals surface area contributed by atoms with Crippen LogP contribution >= 0.6 is 0 Å². The van der Waals surface area contributed by atoms with Gasteiger partial charge in [0.1, 0.15) is 17.6 Å². The number of esters is 3. The van der Waals surface area contributed by atoms with Crippen molar-refractivity contribution < 1.29 is 63.8 Å². The highest BCUT2D eigenvalue weighted by atomic mass is 32.2. The Morgan fingerprint density at radius 3 is 1.66 bits per heavy atom. The standard InChI is InChI=1S/C29H41F3O11S/c1-14(2)20-10-21(15(3)4)27(22(11-20)16(5)6)44(36,37)39-12-23-24(40-17(7)33)25(41-18(8)34)26(42-19(9)35)28(43-23)38-13-29(30,31)32/h10-11,14-16,23-26,28H,12-13H2,1-9H3/t23-,24-,25+,26-,28-/m1/s1. The maximum absolute atomic E-state index is 13.8. The predicted octanol–water partition coefficient (Wildman–Crippen LogP) is 4.86. The Hall–Kier alpha value is -2.75. The third-order valence-corrected chi connectivity index (χ3v) is 8.04. The summed E-state index contributed by atoms with van der Waals surface area (Å²) in [6.45, 7) is 11.4. The smallest absolute Gasteiger partial charge is 0.411 e. The van der Waals surface area contributed by atoms with Gasteiger partial charge in [-0.05, 0) is 34.4 Å². The molecule has 250 valence electrons. The van der Waals surface area contributed by atoms with Crippen LogP contribution in [-0.2, 0) is 52.4 Å². The van der Waals surface area contributed by atoms with E-state index in [0.717, 1.165) is 26.3 Å². The number of ether oxygens (including phenoxy) is 5. The molecule has 2 rings (SSSR count). The van der Waals surface area contributed by atoms with E-state index < -0.39 is 78.1 Å². The molecule has 1 aliphatic rings. The molecule has 0 amide bonds. The Kier molecular flexibility index (Phi) is 12.8. The number of carbonyl (C=O) groups is 3. The molecule has 1 fully saturated rings. The second-order valence-corrected chi connectivity index (χ2v) is 13.0. The van der Waals surface area contributed by atoms with E-state index in [-0.39, 0.29) is 22.6 Å². The molecule has 44 heavy (non-hydrogen) atoms. The van der Waals surface area contributed by atoms with Crippen molar-refractivity contribution in [2.75, 3.05) is 13.2 Å². The van der Waals surface area contributed by atoms with Crippen molar-refractivity contribution in [3.05, 3.63) is 28.8 Å². The molecule has 11 nitrogen and oxygen atoms in total. The van der Waals surface area contributed by atoms with Crippen LogP contribution in [0.25, 0.3) is 0 Å². The zero-order valence-electron chi connectivity index (χ0n) is 26.2. The topological polar surface area (TPSA) is 141 Å². The number of carbonyl (C=O) groups excluding carboxylic acids is 3. The fraction of sp³-hybridized carbons (Fsp3) is 0.690. The summed E-state index contributed by atoms with van der Waals surface area (Å²) in [5, 5.41) is 0. The maximum Gasteiger partial charge on any atom is 0.411 e. The van der Waals surface area contributed by atoms with Crippen molar-refractivity contribution in [1.29, 1.82) is 0 Å². The molecule has 1 aromatic rings. The Balaban J connectivity index is 2.61. The first-order valence-electron chi connectivity index (χ1n) is 14.1. The van der Waals surface area contributed by atoms with Crippen LogP contribution in [0.1, 0.15) is 96.8 Å². The van der Waals surface area contributed by atoms with Crippen molar-refractivity contribution >= 4 is 28.0 Å². The minimum atomic E-state index is -4.84. The van der Waals surface area contributed by atoms with Gasteiger partial charge in [0, 0.05) is 20.8 Å². The summed E-state index contributed by atoms with van der Waals surface area (Å²) in [5.41, 5.74) is 1.92. The number of rotatable bonds is 12. The van der Waals surface area contributed by atoms with Crippen molar-refractivity contribution in [3.8, 4) is 0 Å². The molecule has 0 aromatic heterocycles. The molecule has 0 N–H and O–H groups in total. The third-order valence-electron chi connectivity index (χ3n) is 6.63. The number of halogens is 3. The number of hydrogen-bond acceptors (Lipinski definition) is 11. The van der Waals surface area contributed by atoms with Gasteiger partial charge in [-0.3, -0.25) is 18.6 Å². The minimum absolute atomic E-state index is 0.0639. The van der Waals surface area contributed by atoms with Crippen molar-refractivity contribution in [3.63, 3.8) is 0 Å². The van der Waals surface area contributed by atoms with Gasteiger partial charge < -0.3 is 23.7 Å². The van der Waals surface area contributed by atoms with Gasteiger partial charge in [0.05, 0.1) is 6.61 Å². The lowest BCUT2D eigenvalue weighted by atomic mass is 9.89. The molecule has 5 atom stereocenters. The Morgan fingerprint density at radius 2 is 1.25 bits per heavy atom. The van der Waals surface area contributed by atoms with E-state index in [4.69, 9.17) is 27.9 Å². The summed E-state index contributed by atoms with van der Waals surface area (Å²) < 4.78 is 98.4. The second kappa shape index (κ2) is 15.0. The van der Waals surface area contributed by atoms with Crippen molar-refractivity contribution in [2.45, 2.75) is 122 Å². The van der Waals surface area contributed by atoms with E-state index in [0.29, 0.717) is 11.1 Å². The summed E-state index contributed by atoms with van der Waals surface area (Å²) in [4.78, 5) is 35.8. The minimum Gasteiger partial charge on any atom is -0.456 e. The van der Waals surface area contributed by atoms with Crippen LogP contribution in [0, 0.1) is 0 Å². The molecule has 0 aliphatic carbocycles. The first kappa shape index (κ1) is 37.4. The van der Waals surface area contributed by atoms with Gasteiger partial charge >= 0.3 is 24.1 Å². The van der Waals surface area contributed by atoms with Crippen LogP contribution in [0.3, 0.4) is 0 Å². The van der Waals surface area contributed by atoms with Gasteiger partial charge in [-0.25, -0.2) is 0 Å². The maximum atomic E-state index is 13.8. The van der Waals surface area contributed by atoms with Crippen LogP contribution in [0.2, 0.25) is 0 Å². The highest BCUT2D eigenvalue weighted by Crippen LogP contribution is 2.37. The lowest BCUT2D eigenvalue weighted by Crippen LogP contribution is -2.63. The Bertz CT molecular complexity index is 1260. The molecule has 15 heteroatoms. The summed E-state index contributed by atoms with van der Waals surface area (Å²) in [6, 6.07) is 3.58. The number of benzene rings is 1. The molecule has 1 saturated heterocycles. The van der Waals surface area contributed by atoms with Crippen LogP contribution < -0.4 is 0 Å². The zero-order valence-corrected chi connectivity index (χ0v) is 27.0. The molecule has 1 aromatic carbocycles. The molecule has 0 radical (unpaired) electrons. The SMILES string of the molecule is CC(=O)O[C@@H]1[C@@H](OC(C)=O)[C@H](OCC(F)(F)F)O[C@H](COS(=O)(=O)c2c(C(C)C)cc(C(C)C)cc2C(C)C)[C@H]1OC(C)=O. The highest BCUT2D eigenvalue weighted by Gasteiger charge is 2.53. The number of hydrogen-bond donors (Lipinski definition) is 0. The van der Waals surface area contributed by atoms with E-state index in [1.165, 1.54) is 0 Å². The van der Waals surface area contributed by atoms with Crippen molar-refractivity contribution in [2.24, 2.45) is 0 Å². The molecular formula is C29H41F3O11S. The van der Waals surface area contributed by atoms with Gasteiger partial charge in [0.25, 0.3) is 10.1 Å². The normalized spacial score (nSPS) is 22.8.